The van der Waals surface area contributed by atoms with Crippen molar-refractivity contribution >= 4 is 5.91 Å². The SMILES string of the molecule is CCN(Cc1ccc2c(c1)OCO2)C(=O)Cc1c(C)nc(C)[nH]c1=O. The van der Waals surface area contributed by atoms with Gasteiger partial charge in [0.2, 0.25) is 12.7 Å². The Labute approximate surface area is 145 Å². The average Bonchev–Trinajstić information content (AvgIpc) is 3.03. The Morgan fingerprint density at radius 2 is 2.04 bits per heavy atom. The van der Waals surface area contributed by atoms with Crippen LogP contribution in [0, 0.1) is 13.8 Å². The summed E-state index contributed by atoms with van der Waals surface area (Å²) >= 11 is 0. The summed E-state index contributed by atoms with van der Waals surface area (Å²) in [7, 11) is 0. The molecule has 0 saturated heterocycles. The van der Waals surface area contributed by atoms with Gasteiger partial charge >= 0.3 is 0 Å². The van der Waals surface area contributed by atoms with E-state index in [0.717, 1.165) is 5.56 Å². The maximum Gasteiger partial charge on any atom is 0.254 e. The van der Waals surface area contributed by atoms with Crippen LogP contribution in [0.15, 0.2) is 23.0 Å². The average molecular weight is 343 g/mol. The number of amides is 1. The Hall–Kier alpha value is -2.83. The number of hydrogen-bond acceptors (Lipinski definition) is 5. The molecule has 0 saturated carbocycles. The molecule has 2 aromatic rings. The molecule has 1 N–H and O–H groups in total. The van der Waals surface area contributed by atoms with Gasteiger partial charge in [0.25, 0.3) is 5.56 Å². The minimum absolute atomic E-state index is 0.0346. The second-order valence-electron chi connectivity index (χ2n) is 5.99. The second kappa shape index (κ2) is 6.96. The number of aryl methyl sites for hydroxylation is 2. The summed E-state index contributed by atoms with van der Waals surface area (Å²) in [5, 5.41) is 0. The van der Waals surface area contributed by atoms with E-state index in [1.54, 1.807) is 18.7 Å². The molecule has 1 aromatic heterocycles. The first-order chi connectivity index (χ1) is 12.0. The zero-order valence-electron chi connectivity index (χ0n) is 14.6. The normalized spacial score (nSPS) is 12.3. The van der Waals surface area contributed by atoms with E-state index in [9.17, 15) is 9.59 Å². The fourth-order valence-electron chi connectivity index (χ4n) is 2.86. The highest BCUT2D eigenvalue weighted by atomic mass is 16.7. The van der Waals surface area contributed by atoms with Gasteiger partial charge in [-0.25, -0.2) is 4.98 Å². The molecular weight excluding hydrogens is 322 g/mol. The number of aromatic amines is 1. The van der Waals surface area contributed by atoms with E-state index < -0.39 is 0 Å². The Balaban J connectivity index is 1.75. The molecule has 0 radical (unpaired) electrons. The van der Waals surface area contributed by atoms with Crippen LogP contribution in [-0.4, -0.2) is 34.1 Å². The van der Waals surface area contributed by atoms with Crippen molar-refractivity contribution in [3.8, 4) is 11.5 Å². The Kier molecular flexibility index (Phi) is 4.74. The van der Waals surface area contributed by atoms with Crippen LogP contribution < -0.4 is 15.0 Å². The minimum atomic E-state index is -0.252. The number of H-pyrrole nitrogens is 1. The first-order valence-electron chi connectivity index (χ1n) is 8.20. The van der Waals surface area contributed by atoms with E-state index >= 15 is 0 Å². The monoisotopic (exact) mass is 343 g/mol. The number of ether oxygens (including phenoxy) is 2. The Morgan fingerprint density at radius 3 is 2.76 bits per heavy atom. The third-order valence-corrected chi connectivity index (χ3v) is 4.21. The molecule has 3 rings (SSSR count). The number of nitrogens with zero attached hydrogens (tertiary/aromatic N) is 2. The number of hydrogen-bond donors (Lipinski definition) is 1. The smallest absolute Gasteiger partial charge is 0.254 e. The third-order valence-electron chi connectivity index (χ3n) is 4.21. The van der Waals surface area contributed by atoms with E-state index in [0.29, 0.717) is 41.7 Å². The second-order valence-corrected chi connectivity index (χ2v) is 5.99. The van der Waals surface area contributed by atoms with E-state index in [-0.39, 0.29) is 24.7 Å². The van der Waals surface area contributed by atoms with Gasteiger partial charge in [0.1, 0.15) is 5.82 Å². The molecule has 0 fully saturated rings. The summed E-state index contributed by atoms with van der Waals surface area (Å²) in [5.41, 5.74) is 1.71. The van der Waals surface area contributed by atoms with E-state index in [1.807, 2.05) is 25.1 Å². The molecule has 0 spiro atoms. The van der Waals surface area contributed by atoms with Crippen molar-refractivity contribution in [3.05, 3.63) is 51.2 Å². The summed E-state index contributed by atoms with van der Waals surface area (Å²) < 4.78 is 10.7. The number of benzene rings is 1. The van der Waals surface area contributed by atoms with Gasteiger partial charge in [-0.05, 0) is 38.5 Å². The summed E-state index contributed by atoms with van der Waals surface area (Å²) in [5.74, 6) is 1.84. The van der Waals surface area contributed by atoms with Gasteiger partial charge in [0.05, 0.1) is 6.42 Å². The largest absolute Gasteiger partial charge is 0.454 e. The van der Waals surface area contributed by atoms with Gasteiger partial charge in [0, 0.05) is 24.3 Å². The predicted octanol–water partition coefficient (Wildman–Crippen LogP) is 1.71. The molecule has 1 aromatic carbocycles. The molecule has 1 aliphatic heterocycles. The van der Waals surface area contributed by atoms with Gasteiger partial charge in [-0.1, -0.05) is 6.07 Å². The van der Waals surface area contributed by atoms with Gasteiger partial charge in [0.15, 0.2) is 11.5 Å². The summed E-state index contributed by atoms with van der Waals surface area (Å²) in [6.45, 7) is 6.59. The lowest BCUT2D eigenvalue weighted by Gasteiger charge is -2.21. The van der Waals surface area contributed by atoms with Crippen LogP contribution in [0.25, 0.3) is 0 Å². The first-order valence-corrected chi connectivity index (χ1v) is 8.20. The van der Waals surface area contributed by atoms with Gasteiger partial charge < -0.3 is 19.4 Å². The zero-order valence-corrected chi connectivity index (χ0v) is 14.6. The van der Waals surface area contributed by atoms with Crippen LogP contribution >= 0.6 is 0 Å². The first kappa shape index (κ1) is 17.0. The lowest BCUT2D eigenvalue weighted by molar-refractivity contribution is -0.130. The summed E-state index contributed by atoms with van der Waals surface area (Å²) in [6.07, 6.45) is 0.0346. The molecule has 7 heteroatoms. The molecule has 132 valence electrons. The number of likely N-dealkylation sites (N-methyl/N-ethyl adjacent to an activating group) is 1. The van der Waals surface area contributed by atoms with Crippen molar-refractivity contribution in [2.45, 2.75) is 33.7 Å². The van der Waals surface area contributed by atoms with Crippen molar-refractivity contribution in [3.63, 3.8) is 0 Å². The van der Waals surface area contributed by atoms with Crippen LogP contribution in [0.4, 0.5) is 0 Å². The highest BCUT2D eigenvalue weighted by Crippen LogP contribution is 2.32. The Bertz CT molecular complexity index is 860. The Morgan fingerprint density at radius 1 is 1.28 bits per heavy atom. The van der Waals surface area contributed by atoms with E-state index in [2.05, 4.69) is 9.97 Å². The molecule has 2 heterocycles. The van der Waals surface area contributed by atoms with Crippen molar-refractivity contribution in [2.24, 2.45) is 0 Å². The lowest BCUT2D eigenvalue weighted by atomic mass is 10.1. The van der Waals surface area contributed by atoms with E-state index in [1.165, 1.54) is 0 Å². The van der Waals surface area contributed by atoms with Crippen molar-refractivity contribution in [1.82, 2.24) is 14.9 Å². The number of carbonyl (C=O) groups excluding carboxylic acids is 1. The van der Waals surface area contributed by atoms with Gasteiger partial charge in [-0.2, -0.15) is 0 Å². The fraction of sp³-hybridized carbons (Fsp3) is 0.389. The number of nitrogens with one attached hydrogen (secondary N) is 1. The summed E-state index contributed by atoms with van der Waals surface area (Å²) in [4.78, 5) is 33.4. The molecule has 25 heavy (non-hydrogen) atoms. The third kappa shape index (κ3) is 3.65. The van der Waals surface area contributed by atoms with Crippen LogP contribution in [0.2, 0.25) is 0 Å². The zero-order chi connectivity index (χ0) is 18.0. The van der Waals surface area contributed by atoms with E-state index in [4.69, 9.17) is 9.47 Å². The molecule has 7 nitrogen and oxygen atoms in total. The number of aromatic nitrogens is 2. The minimum Gasteiger partial charge on any atom is -0.454 e. The summed E-state index contributed by atoms with van der Waals surface area (Å²) in [6, 6.07) is 5.63. The van der Waals surface area contributed by atoms with Crippen molar-refractivity contribution in [2.75, 3.05) is 13.3 Å². The van der Waals surface area contributed by atoms with Gasteiger partial charge in [-0.15, -0.1) is 0 Å². The van der Waals surface area contributed by atoms with Crippen LogP contribution in [0.5, 0.6) is 11.5 Å². The van der Waals surface area contributed by atoms with Gasteiger partial charge in [-0.3, -0.25) is 9.59 Å². The highest BCUT2D eigenvalue weighted by molar-refractivity contribution is 5.79. The molecule has 0 unspecified atom stereocenters. The van der Waals surface area contributed by atoms with Crippen molar-refractivity contribution in [1.29, 1.82) is 0 Å². The quantitative estimate of drug-likeness (QED) is 0.893. The fourth-order valence-corrected chi connectivity index (χ4v) is 2.86. The number of fused-ring (bicyclic) bond motifs is 1. The molecule has 1 aliphatic rings. The van der Waals surface area contributed by atoms with Crippen LogP contribution in [-0.2, 0) is 17.8 Å². The van der Waals surface area contributed by atoms with Crippen LogP contribution in [0.1, 0.15) is 29.6 Å². The highest BCUT2D eigenvalue weighted by Gasteiger charge is 2.19. The van der Waals surface area contributed by atoms with Crippen LogP contribution in [0.3, 0.4) is 0 Å². The molecule has 0 aliphatic carbocycles. The molecular formula is C18H21N3O4. The maximum atomic E-state index is 12.7. The standard InChI is InChI=1S/C18H21N3O4/c1-4-21(9-13-5-6-15-16(7-13)25-10-24-15)17(22)8-14-11(2)19-12(3)20-18(14)23/h5-7H,4,8-10H2,1-3H3,(H,19,20,23). The molecule has 1 amide bonds. The maximum absolute atomic E-state index is 12.7. The lowest BCUT2D eigenvalue weighted by Crippen LogP contribution is -2.33. The predicted molar refractivity (Wildman–Crippen MR) is 91.7 cm³/mol. The topological polar surface area (TPSA) is 84.5 Å². The number of rotatable bonds is 5. The van der Waals surface area contributed by atoms with Crippen molar-refractivity contribution < 1.29 is 14.3 Å². The molecule has 0 atom stereocenters. The number of carbonyl (C=O) groups is 1. The molecule has 0 bridgehead atoms.